The fourth-order valence-electron chi connectivity index (χ4n) is 2.85. The Bertz CT molecular complexity index is 779. The van der Waals surface area contributed by atoms with Crippen LogP contribution < -0.4 is 5.32 Å². The van der Waals surface area contributed by atoms with E-state index in [9.17, 15) is 9.59 Å². The molecule has 1 heterocycles. The Hall–Kier alpha value is -2.14. The number of rotatable bonds is 4. The summed E-state index contributed by atoms with van der Waals surface area (Å²) >= 11 is 1.45. The molecule has 1 aliphatic carbocycles. The average molecular weight is 343 g/mol. The SMILES string of the molecule is CC(C)NC(=O)[C@H](C)OC(=O)c1cc2c(s1)-c1ccccc1CC2. The van der Waals surface area contributed by atoms with Crippen LogP contribution in [0.25, 0.3) is 10.4 Å². The van der Waals surface area contributed by atoms with Gasteiger partial charge in [-0.3, -0.25) is 4.79 Å². The van der Waals surface area contributed by atoms with E-state index in [1.807, 2.05) is 32.0 Å². The molecule has 1 aromatic carbocycles. The first kappa shape index (κ1) is 16.7. The molecular weight excluding hydrogens is 322 g/mol. The van der Waals surface area contributed by atoms with Crippen molar-refractivity contribution in [1.82, 2.24) is 5.32 Å². The number of thiophene rings is 1. The molecular formula is C19H21NO3S. The Labute approximate surface area is 145 Å². The van der Waals surface area contributed by atoms with Crippen LogP contribution >= 0.6 is 11.3 Å². The maximum Gasteiger partial charge on any atom is 0.349 e. The van der Waals surface area contributed by atoms with Crippen LogP contribution in [0.5, 0.6) is 0 Å². The predicted molar refractivity (Wildman–Crippen MR) is 95.3 cm³/mol. The van der Waals surface area contributed by atoms with Crippen LogP contribution in [0, 0.1) is 0 Å². The van der Waals surface area contributed by atoms with E-state index in [1.54, 1.807) is 6.92 Å². The van der Waals surface area contributed by atoms with Crippen molar-refractivity contribution in [2.24, 2.45) is 0 Å². The van der Waals surface area contributed by atoms with Gasteiger partial charge in [0.15, 0.2) is 6.10 Å². The molecule has 4 nitrogen and oxygen atoms in total. The lowest BCUT2D eigenvalue weighted by atomic mass is 9.91. The molecule has 1 aliphatic rings. The second-order valence-corrected chi connectivity index (χ2v) is 7.39. The molecule has 1 atom stereocenters. The average Bonchev–Trinajstić information content (AvgIpc) is 2.99. The lowest BCUT2D eigenvalue weighted by Crippen LogP contribution is -2.39. The maximum atomic E-state index is 12.4. The molecule has 126 valence electrons. The van der Waals surface area contributed by atoms with E-state index in [1.165, 1.54) is 28.0 Å². The zero-order chi connectivity index (χ0) is 17.3. The number of hydrogen-bond acceptors (Lipinski definition) is 4. The molecule has 24 heavy (non-hydrogen) atoms. The summed E-state index contributed by atoms with van der Waals surface area (Å²) in [4.78, 5) is 26.0. The number of fused-ring (bicyclic) bond motifs is 3. The van der Waals surface area contributed by atoms with Gasteiger partial charge in [-0.2, -0.15) is 0 Å². The zero-order valence-electron chi connectivity index (χ0n) is 14.1. The molecule has 2 aromatic rings. The number of carbonyl (C=O) groups is 2. The fraction of sp³-hybridized carbons (Fsp3) is 0.368. The molecule has 0 fully saturated rings. The third-order valence-electron chi connectivity index (χ3n) is 4.02. The Balaban J connectivity index is 1.77. The van der Waals surface area contributed by atoms with Crippen LogP contribution in [0.4, 0.5) is 0 Å². The highest BCUT2D eigenvalue weighted by molar-refractivity contribution is 7.17. The quantitative estimate of drug-likeness (QED) is 0.863. The Morgan fingerprint density at radius 1 is 1.12 bits per heavy atom. The molecule has 0 saturated carbocycles. The van der Waals surface area contributed by atoms with E-state index in [2.05, 4.69) is 17.4 Å². The normalized spacial score (nSPS) is 13.8. The van der Waals surface area contributed by atoms with Crippen molar-refractivity contribution >= 4 is 23.2 Å². The summed E-state index contributed by atoms with van der Waals surface area (Å²) in [6.07, 6.45) is 1.12. The molecule has 3 rings (SSSR count). The lowest BCUT2D eigenvalue weighted by molar-refractivity contribution is -0.129. The van der Waals surface area contributed by atoms with Crippen LogP contribution in [0.3, 0.4) is 0 Å². The first-order chi connectivity index (χ1) is 11.5. The molecule has 1 amide bonds. The van der Waals surface area contributed by atoms with E-state index in [0.717, 1.165) is 17.7 Å². The lowest BCUT2D eigenvalue weighted by Gasteiger charge is -2.15. The van der Waals surface area contributed by atoms with Crippen molar-refractivity contribution in [3.05, 3.63) is 46.3 Å². The number of aryl methyl sites for hydroxylation is 2. The first-order valence-electron chi connectivity index (χ1n) is 8.18. The van der Waals surface area contributed by atoms with Crippen molar-refractivity contribution < 1.29 is 14.3 Å². The van der Waals surface area contributed by atoms with Gasteiger partial charge in [-0.1, -0.05) is 24.3 Å². The smallest absolute Gasteiger partial charge is 0.349 e. The van der Waals surface area contributed by atoms with E-state index in [0.29, 0.717) is 4.88 Å². The second kappa shape index (κ2) is 6.77. The third-order valence-corrected chi connectivity index (χ3v) is 5.21. The molecule has 0 unspecified atom stereocenters. The number of carbonyl (C=O) groups excluding carboxylic acids is 2. The van der Waals surface area contributed by atoms with Crippen molar-refractivity contribution in [3.63, 3.8) is 0 Å². The minimum absolute atomic E-state index is 0.0178. The summed E-state index contributed by atoms with van der Waals surface area (Å²) in [5, 5.41) is 2.75. The standard InChI is InChI=1S/C19H21NO3S/c1-11(2)20-18(21)12(3)23-19(22)16-10-14-9-8-13-6-4-5-7-15(13)17(14)24-16/h4-7,10-12H,8-9H2,1-3H3,(H,20,21)/t12-/m0/s1. The van der Waals surface area contributed by atoms with Gasteiger partial charge in [0.1, 0.15) is 4.88 Å². The number of hydrogen-bond donors (Lipinski definition) is 1. The van der Waals surface area contributed by atoms with Crippen LogP contribution in [0.1, 0.15) is 41.6 Å². The molecule has 1 N–H and O–H groups in total. The topological polar surface area (TPSA) is 55.4 Å². The van der Waals surface area contributed by atoms with E-state index < -0.39 is 12.1 Å². The van der Waals surface area contributed by atoms with Crippen molar-refractivity contribution in [1.29, 1.82) is 0 Å². The monoisotopic (exact) mass is 343 g/mol. The van der Waals surface area contributed by atoms with Gasteiger partial charge in [0.2, 0.25) is 0 Å². The van der Waals surface area contributed by atoms with Crippen molar-refractivity contribution in [2.75, 3.05) is 0 Å². The largest absolute Gasteiger partial charge is 0.448 e. The number of esters is 1. The van der Waals surface area contributed by atoms with Gasteiger partial charge in [0.25, 0.3) is 5.91 Å². The predicted octanol–water partition coefficient (Wildman–Crippen LogP) is 3.58. The Kier molecular flexibility index (Phi) is 4.71. The Morgan fingerprint density at radius 3 is 2.58 bits per heavy atom. The van der Waals surface area contributed by atoms with E-state index in [4.69, 9.17) is 4.74 Å². The summed E-state index contributed by atoms with van der Waals surface area (Å²) in [5.74, 6) is -0.705. The van der Waals surface area contributed by atoms with E-state index in [-0.39, 0.29) is 11.9 Å². The van der Waals surface area contributed by atoms with Gasteiger partial charge < -0.3 is 10.1 Å². The number of nitrogens with one attached hydrogen (secondary N) is 1. The number of ether oxygens (including phenoxy) is 1. The van der Waals surface area contributed by atoms with Gasteiger partial charge in [-0.25, -0.2) is 4.79 Å². The van der Waals surface area contributed by atoms with Gasteiger partial charge in [-0.15, -0.1) is 11.3 Å². The highest BCUT2D eigenvalue weighted by atomic mass is 32.1. The summed E-state index contributed by atoms with van der Waals surface area (Å²) in [7, 11) is 0. The highest BCUT2D eigenvalue weighted by Gasteiger charge is 2.24. The first-order valence-corrected chi connectivity index (χ1v) is 8.99. The minimum Gasteiger partial charge on any atom is -0.448 e. The summed E-state index contributed by atoms with van der Waals surface area (Å²) in [6, 6.07) is 10.2. The van der Waals surface area contributed by atoms with Crippen LogP contribution in [-0.2, 0) is 22.4 Å². The van der Waals surface area contributed by atoms with Gasteiger partial charge in [0, 0.05) is 10.9 Å². The fourth-order valence-corrected chi connectivity index (χ4v) is 4.00. The van der Waals surface area contributed by atoms with Gasteiger partial charge in [-0.05, 0) is 56.4 Å². The van der Waals surface area contributed by atoms with Crippen molar-refractivity contribution in [3.8, 4) is 10.4 Å². The third kappa shape index (κ3) is 3.36. The maximum absolute atomic E-state index is 12.4. The van der Waals surface area contributed by atoms with E-state index >= 15 is 0 Å². The molecule has 0 bridgehead atoms. The number of amides is 1. The Morgan fingerprint density at radius 2 is 1.83 bits per heavy atom. The molecule has 5 heteroatoms. The molecule has 0 radical (unpaired) electrons. The second-order valence-electron chi connectivity index (χ2n) is 6.33. The van der Waals surface area contributed by atoms with Crippen LogP contribution in [0.15, 0.2) is 30.3 Å². The van der Waals surface area contributed by atoms with Gasteiger partial charge in [0.05, 0.1) is 0 Å². The molecule has 0 spiro atoms. The van der Waals surface area contributed by atoms with Crippen LogP contribution in [0.2, 0.25) is 0 Å². The summed E-state index contributed by atoms with van der Waals surface area (Å²) in [5.41, 5.74) is 3.70. The van der Waals surface area contributed by atoms with Gasteiger partial charge >= 0.3 is 5.97 Å². The summed E-state index contributed by atoms with van der Waals surface area (Å²) in [6.45, 7) is 5.34. The molecule has 0 saturated heterocycles. The number of benzene rings is 1. The molecule has 0 aliphatic heterocycles. The highest BCUT2D eigenvalue weighted by Crippen LogP contribution is 2.39. The zero-order valence-corrected chi connectivity index (χ0v) is 14.9. The molecule has 1 aromatic heterocycles. The summed E-state index contributed by atoms with van der Waals surface area (Å²) < 4.78 is 5.32. The van der Waals surface area contributed by atoms with Crippen molar-refractivity contribution in [2.45, 2.75) is 45.8 Å². The van der Waals surface area contributed by atoms with Crippen LogP contribution in [-0.4, -0.2) is 24.0 Å². The minimum atomic E-state index is -0.800.